The zero-order chi connectivity index (χ0) is 13.7. The Morgan fingerprint density at radius 1 is 1.39 bits per heavy atom. The molecule has 0 fully saturated rings. The molecule has 18 heavy (non-hydrogen) atoms. The van der Waals surface area contributed by atoms with Crippen molar-refractivity contribution in [3.8, 4) is 5.75 Å². The Balaban J connectivity index is 2.68. The molecule has 1 rings (SSSR count). The van der Waals surface area contributed by atoms with E-state index in [0.29, 0.717) is 6.54 Å². The molecule has 0 amide bonds. The molecule has 0 saturated heterocycles. The van der Waals surface area contributed by atoms with Crippen LogP contribution in [0.5, 0.6) is 5.75 Å². The summed E-state index contributed by atoms with van der Waals surface area (Å²) >= 11 is 0. The summed E-state index contributed by atoms with van der Waals surface area (Å²) in [6.45, 7) is 8.57. The van der Waals surface area contributed by atoms with Crippen molar-refractivity contribution < 1.29 is 9.84 Å². The number of nitrogens with one attached hydrogen (secondary N) is 1. The molecule has 0 aliphatic rings. The summed E-state index contributed by atoms with van der Waals surface area (Å²) in [7, 11) is 1.68. The van der Waals surface area contributed by atoms with Gasteiger partial charge in [-0.15, -0.1) is 0 Å². The van der Waals surface area contributed by atoms with Crippen LogP contribution in [0.15, 0.2) is 6.20 Å². The number of aromatic nitrogens is 1. The highest BCUT2D eigenvalue weighted by atomic mass is 16.5. The van der Waals surface area contributed by atoms with Gasteiger partial charge in [-0.3, -0.25) is 4.98 Å². The Morgan fingerprint density at radius 3 is 2.61 bits per heavy atom. The minimum atomic E-state index is -0.283. The Labute approximate surface area is 109 Å². The number of aliphatic hydroxyl groups is 1. The lowest BCUT2D eigenvalue weighted by Gasteiger charge is -2.17. The van der Waals surface area contributed by atoms with Crippen molar-refractivity contribution in [3.05, 3.63) is 23.0 Å². The largest absolute Gasteiger partial charge is 0.496 e. The molecule has 0 radical (unpaired) electrons. The number of methoxy groups -OCH3 is 1. The molecule has 2 atom stereocenters. The van der Waals surface area contributed by atoms with Gasteiger partial charge in [0, 0.05) is 29.9 Å². The fraction of sp³-hybridized carbons (Fsp3) is 0.643. The number of aliphatic hydroxyl groups excluding tert-OH is 1. The maximum Gasteiger partial charge on any atom is 0.128 e. The summed E-state index contributed by atoms with van der Waals surface area (Å²) in [5.41, 5.74) is 3.12. The van der Waals surface area contributed by atoms with Crippen LogP contribution in [0, 0.1) is 13.8 Å². The van der Waals surface area contributed by atoms with E-state index in [1.807, 2.05) is 20.0 Å². The first-order valence-corrected chi connectivity index (χ1v) is 6.36. The van der Waals surface area contributed by atoms with Gasteiger partial charge < -0.3 is 15.2 Å². The molecule has 102 valence electrons. The number of hydrogen-bond acceptors (Lipinski definition) is 4. The molecular formula is C14H24N2O2. The van der Waals surface area contributed by atoms with Crippen LogP contribution in [0.1, 0.15) is 37.1 Å². The summed E-state index contributed by atoms with van der Waals surface area (Å²) in [6, 6.07) is 0.262. The van der Waals surface area contributed by atoms with E-state index in [1.165, 1.54) is 0 Å². The molecular weight excluding hydrogens is 228 g/mol. The number of pyridine rings is 1. The average molecular weight is 252 g/mol. The van der Waals surface area contributed by atoms with Gasteiger partial charge in [0.25, 0.3) is 0 Å². The average Bonchev–Trinajstić information content (AvgIpc) is 2.27. The Kier molecular flexibility index (Phi) is 5.56. The lowest BCUT2D eigenvalue weighted by Crippen LogP contribution is -2.29. The predicted octanol–water partition coefficient (Wildman–Crippen LogP) is 1.96. The Morgan fingerprint density at radius 2 is 2.06 bits per heavy atom. The monoisotopic (exact) mass is 252 g/mol. The van der Waals surface area contributed by atoms with Gasteiger partial charge in [-0.05, 0) is 34.1 Å². The normalized spacial score (nSPS) is 14.3. The molecule has 2 unspecified atom stereocenters. The number of rotatable bonds is 6. The third-order valence-corrected chi connectivity index (χ3v) is 3.06. The molecule has 1 aromatic rings. The van der Waals surface area contributed by atoms with Gasteiger partial charge in [0.1, 0.15) is 5.75 Å². The molecule has 0 aromatic carbocycles. The molecule has 4 heteroatoms. The van der Waals surface area contributed by atoms with E-state index in [-0.39, 0.29) is 12.1 Å². The van der Waals surface area contributed by atoms with Gasteiger partial charge in [-0.25, -0.2) is 0 Å². The van der Waals surface area contributed by atoms with Crippen molar-refractivity contribution in [3.63, 3.8) is 0 Å². The smallest absolute Gasteiger partial charge is 0.128 e. The van der Waals surface area contributed by atoms with E-state index in [4.69, 9.17) is 4.74 Å². The molecule has 0 aliphatic carbocycles. The highest BCUT2D eigenvalue weighted by molar-refractivity contribution is 5.40. The minimum absolute atomic E-state index is 0.262. The molecule has 1 heterocycles. The first-order chi connectivity index (χ1) is 8.45. The maximum absolute atomic E-state index is 9.32. The van der Waals surface area contributed by atoms with Crippen LogP contribution in [-0.4, -0.2) is 29.3 Å². The van der Waals surface area contributed by atoms with Crippen LogP contribution in [-0.2, 0) is 6.54 Å². The third-order valence-electron chi connectivity index (χ3n) is 3.06. The van der Waals surface area contributed by atoms with Gasteiger partial charge in [0.2, 0.25) is 0 Å². The number of nitrogens with zero attached hydrogens (tertiary/aromatic N) is 1. The highest BCUT2D eigenvalue weighted by Gasteiger charge is 2.11. The van der Waals surface area contributed by atoms with Crippen molar-refractivity contribution in [2.45, 2.75) is 52.8 Å². The quantitative estimate of drug-likeness (QED) is 0.812. The minimum Gasteiger partial charge on any atom is -0.496 e. The summed E-state index contributed by atoms with van der Waals surface area (Å²) in [5, 5.41) is 12.7. The number of hydrogen-bond donors (Lipinski definition) is 2. The zero-order valence-electron chi connectivity index (χ0n) is 11.9. The van der Waals surface area contributed by atoms with Gasteiger partial charge in [0.05, 0.1) is 18.9 Å². The van der Waals surface area contributed by atoms with Crippen molar-refractivity contribution in [1.82, 2.24) is 10.3 Å². The third kappa shape index (κ3) is 3.96. The van der Waals surface area contributed by atoms with Gasteiger partial charge in [0.15, 0.2) is 0 Å². The zero-order valence-corrected chi connectivity index (χ0v) is 11.9. The molecule has 0 aliphatic heterocycles. The van der Waals surface area contributed by atoms with Crippen LogP contribution in [0.3, 0.4) is 0 Å². The first-order valence-electron chi connectivity index (χ1n) is 6.36. The van der Waals surface area contributed by atoms with E-state index >= 15 is 0 Å². The summed E-state index contributed by atoms with van der Waals surface area (Å²) < 4.78 is 5.38. The fourth-order valence-electron chi connectivity index (χ4n) is 2.12. The van der Waals surface area contributed by atoms with Crippen LogP contribution < -0.4 is 10.1 Å². The summed E-state index contributed by atoms with van der Waals surface area (Å²) in [4.78, 5) is 4.43. The van der Waals surface area contributed by atoms with Gasteiger partial charge in [-0.2, -0.15) is 0 Å². The second kappa shape index (κ2) is 6.71. The van der Waals surface area contributed by atoms with E-state index in [2.05, 4.69) is 17.2 Å². The molecule has 1 aromatic heterocycles. The van der Waals surface area contributed by atoms with Crippen molar-refractivity contribution in [2.75, 3.05) is 7.11 Å². The summed E-state index contributed by atoms with van der Waals surface area (Å²) in [6.07, 6.45) is 2.29. The topological polar surface area (TPSA) is 54.4 Å². The predicted molar refractivity (Wildman–Crippen MR) is 72.9 cm³/mol. The number of ether oxygens (including phenoxy) is 1. The van der Waals surface area contributed by atoms with Crippen LogP contribution >= 0.6 is 0 Å². The molecule has 4 nitrogen and oxygen atoms in total. The first kappa shape index (κ1) is 14.9. The SMILES string of the molecule is COc1c(C)cnc(CNC(C)CC(C)O)c1C. The number of aryl methyl sites for hydroxylation is 1. The van der Waals surface area contributed by atoms with E-state index in [1.54, 1.807) is 14.0 Å². The Hall–Kier alpha value is -1.13. The standard InChI is InChI=1S/C14H24N2O2/c1-9-7-16-13(12(4)14(9)18-5)8-15-10(2)6-11(3)17/h7,10-11,15,17H,6,8H2,1-5H3. The molecule has 0 bridgehead atoms. The lowest BCUT2D eigenvalue weighted by molar-refractivity contribution is 0.170. The molecule has 0 saturated carbocycles. The van der Waals surface area contributed by atoms with E-state index in [9.17, 15) is 5.11 Å². The lowest BCUT2D eigenvalue weighted by atomic mass is 10.1. The van der Waals surface area contributed by atoms with Crippen molar-refractivity contribution >= 4 is 0 Å². The second-order valence-corrected chi connectivity index (χ2v) is 4.91. The van der Waals surface area contributed by atoms with E-state index < -0.39 is 0 Å². The van der Waals surface area contributed by atoms with Crippen LogP contribution in [0.2, 0.25) is 0 Å². The molecule has 0 spiro atoms. The highest BCUT2D eigenvalue weighted by Crippen LogP contribution is 2.23. The van der Waals surface area contributed by atoms with Crippen molar-refractivity contribution in [1.29, 1.82) is 0 Å². The van der Waals surface area contributed by atoms with Crippen LogP contribution in [0.4, 0.5) is 0 Å². The maximum atomic E-state index is 9.32. The second-order valence-electron chi connectivity index (χ2n) is 4.91. The van der Waals surface area contributed by atoms with Crippen molar-refractivity contribution in [2.24, 2.45) is 0 Å². The van der Waals surface area contributed by atoms with Crippen LogP contribution in [0.25, 0.3) is 0 Å². The Bertz CT molecular complexity index is 392. The van der Waals surface area contributed by atoms with Gasteiger partial charge >= 0.3 is 0 Å². The van der Waals surface area contributed by atoms with Gasteiger partial charge in [-0.1, -0.05) is 0 Å². The molecule has 2 N–H and O–H groups in total. The summed E-state index contributed by atoms with van der Waals surface area (Å²) in [5.74, 6) is 0.907. The van der Waals surface area contributed by atoms with E-state index in [0.717, 1.165) is 29.0 Å². The fourth-order valence-corrected chi connectivity index (χ4v) is 2.12.